The van der Waals surface area contributed by atoms with Gasteiger partial charge in [0.25, 0.3) is 5.91 Å². The molecule has 2 heterocycles. The zero-order chi connectivity index (χ0) is 23.2. The summed E-state index contributed by atoms with van der Waals surface area (Å²) in [4.78, 5) is 43.0. The molecule has 1 atom stereocenters. The van der Waals surface area contributed by atoms with Gasteiger partial charge in [-0.15, -0.1) is 0 Å². The Morgan fingerprint density at radius 2 is 1.82 bits per heavy atom. The summed E-state index contributed by atoms with van der Waals surface area (Å²) in [6.07, 6.45) is 2.52. The van der Waals surface area contributed by atoms with Crippen molar-refractivity contribution in [2.45, 2.75) is 38.4 Å². The van der Waals surface area contributed by atoms with Crippen LogP contribution in [0.15, 0.2) is 54.6 Å². The number of carbonyl (C=O) groups is 3. The first-order valence-electron chi connectivity index (χ1n) is 11.7. The number of hydrogen-bond acceptors (Lipinski definition) is 4. The molecule has 3 amide bonds. The van der Waals surface area contributed by atoms with Crippen molar-refractivity contribution in [3.8, 4) is 0 Å². The number of amides is 3. The van der Waals surface area contributed by atoms with Crippen LogP contribution < -0.4 is 5.32 Å². The Labute approximate surface area is 195 Å². The van der Waals surface area contributed by atoms with E-state index in [-0.39, 0.29) is 30.3 Å². The van der Waals surface area contributed by atoms with E-state index in [0.717, 1.165) is 37.9 Å². The molecule has 0 spiro atoms. The van der Waals surface area contributed by atoms with Gasteiger partial charge in [-0.25, -0.2) is 0 Å². The third-order valence-electron chi connectivity index (χ3n) is 6.38. The van der Waals surface area contributed by atoms with E-state index in [2.05, 4.69) is 29.4 Å². The molecule has 174 valence electrons. The molecule has 2 aliphatic rings. The highest BCUT2D eigenvalue weighted by molar-refractivity contribution is 5.95. The number of carbonyl (C=O) groups excluding carboxylic acids is 3. The number of rotatable bonds is 9. The maximum absolute atomic E-state index is 12.7. The molecule has 0 aromatic heterocycles. The molecule has 33 heavy (non-hydrogen) atoms. The summed E-state index contributed by atoms with van der Waals surface area (Å²) in [6, 6.07) is 17.3. The van der Waals surface area contributed by atoms with Crippen LogP contribution in [0.3, 0.4) is 0 Å². The average Bonchev–Trinajstić information content (AvgIpc) is 3.32. The first-order valence-corrected chi connectivity index (χ1v) is 11.7. The van der Waals surface area contributed by atoms with Gasteiger partial charge in [0.15, 0.2) is 0 Å². The van der Waals surface area contributed by atoms with Crippen molar-refractivity contribution >= 4 is 17.7 Å². The van der Waals surface area contributed by atoms with Gasteiger partial charge < -0.3 is 20.0 Å². The zero-order valence-corrected chi connectivity index (χ0v) is 19.2. The van der Waals surface area contributed by atoms with Gasteiger partial charge in [0, 0.05) is 31.7 Å². The molecule has 0 aliphatic carbocycles. The maximum atomic E-state index is 12.7. The first-order chi connectivity index (χ1) is 16.0. The van der Waals surface area contributed by atoms with Gasteiger partial charge in [0.1, 0.15) is 12.6 Å². The highest BCUT2D eigenvalue weighted by atomic mass is 16.2. The molecule has 7 nitrogen and oxygen atoms in total. The molecule has 2 saturated heterocycles. The molecule has 1 N–H and O–H groups in total. The van der Waals surface area contributed by atoms with Gasteiger partial charge >= 0.3 is 0 Å². The van der Waals surface area contributed by atoms with E-state index in [0.29, 0.717) is 25.2 Å². The second-order valence-electron chi connectivity index (χ2n) is 8.97. The number of nitrogens with zero attached hydrogens (tertiary/aromatic N) is 3. The molecule has 4 rings (SSSR count). The predicted octanol–water partition coefficient (Wildman–Crippen LogP) is 2.27. The topological polar surface area (TPSA) is 73.0 Å². The molecule has 0 saturated carbocycles. The van der Waals surface area contributed by atoms with Crippen LogP contribution in [0.1, 0.15) is 40.7 Å². The molecule has 2 aliphatic heterocycles. The minimum absolute atomic E-state index is 0.0301. The largest absolute Gasteiger partial charge is 0.352 e. The Hall–Kier alpha value is -3.19. The van der Waals surface area contributed by atoms with E-state index >= 15 is 0 Å². The van der Waals surface area contributed by atoms with Crippen molar-refractivity contribution in [1.29, 1.82) is 0 Å². The molecule has 2 aromatic carbocycles. The second kappa shape index (κ2) is 10.6. The normalized spacial score (nSPS) is 18.1. The van der Waals surface area contributed by atoms with E-state index in [1.54, 1.807) is 21.9 Å². The molecular weight excluding hydrogens is 416 g/mol. The van der Waals surface area contributed by atoms with Crippen molar-refractivity contribution in [2.24, 2.45) is 0 Å². The molecule has 1 unspecified atom stereocenters. The summed E-state index contributed by atoms with van der Waals surface area (Å²) < 4.78 is 0. The number of piperazine rings is 1. The van der Waals surface area contributed by atoms with E-state index < -0.39 is 0 Å². The van der Waals surface area contributed by atoms with Gasteiger partial charge in [-0.1, -0.05) is 42.5 Å². The molecule has 7 heteroatoms. The summed E-state index contributed by atoms with van der Waals surface area (Å²) in [5.74, 6) is -0.0354. The molecule has 0 bridgehead atoms. The van der Waals surface area contributed by atoms with Gasteiger partial charge in [0.2, 0.25) is 11.8 Å². The van der Waals surface area contributed by atoms with Gasteiger partial charge in [-0.2, -0.15) is 0 Å². The van der Waals surface area contributed by atoms with Crippen molar-refractivity contribution < 1.29 is 14.4 Å². The van der Waals surface area contributed by atoms with Crippen molar-refractivity contribution in [2.75, 3.05) is 33.2 Å². The van der Waals surface area contributed by atoms with Crippen LogP contribution in [0, 0.1) is 0 Å². The fraction of sp³-hybridized carbons (Fsp3) is 0.423. The quantitative estimate of drug-likeness (QED) is 0.598. The second-order valence-corrected chi connectivity index (χ2v) is 8.97. The van der Waals surface area contributed by atoms with Gasteiger partial charge in [-0.05, 0) is 56.1 Å². The number of fused-ring (bicyclic) bond motifs is 1. The predicted molar refractivity (Wildman–Crippen MR) is 126 cm³/mol. The Bertz CT molecular complexity index is 977. The standard InChI is InChI=1S/C26H32N4O3/c1-28(17-20-7-3-2-4-8-20)15-6-14-27-25(32)22-12-10-21(11-13-22)18-29-19-24(31)30-16-5-9-23(30)26(29)33/h2-4,7-8,10-13,23H,5-6,9,14-19H2,1H3,(H,27,32). The van der Waals surface area contributed by atoms with Crippen LogP contribution in [0.5, 0.6) is 0 Å². The van der Waals surface area contributed by atoms with Crippen LogP contribution in [0.25, 0.3) is 0 Å². The van der Waals surface area contributed by atoms with E-state index in [9.17, 15) is 14.4 Å². The van der Waals surface area contributed by atoms with Crippen molar-refractivity contribution in [3.63, 3.8) is 0 Å². The average molecular weight is 449 g/mol. The Morgan fingerprint density at radius 3 is 2.58 bits per heavy atom. The number of nitrogens with one attached hydrogen (secondary N) is 1. The SMILES string of the molecule is CN(CCCNC(=O)c1ccc(CN2CC(=O)N3CCCC3C2=O)cc1)Cc1ccccc1. The third kappa shape index (κ3) is 5.79. The third-order valence-corrected chi connectivity index (χ3v) is 6.38. The lowest BCUT2D eigenvalue weighted by molar-refractivity contribution is -0.154. The minimum Gasteiger partial charge on any atom is -0.352 e. The van der Waals surface area contributed by atoms with Crippen LogP contribution in [-0.2, 0) is 22.7 Å². The fourth-order valence-corrected chi connectivity index (χ4v) is 4.61. The van der Waals surface area contributed by atoms with Crippen molar-refractivity contribution in [1.82, 2.24) is 20.0 Å². The number of benzene rings is 2. The highest BCUT2D eigenvalue weighted by Gasteiger charge is 2.41. The van der Waals surface area contributed by atoms with E-state index in [4.69, 9.17) is 0 Å². The highest BCUT2D eigenvalue weighted by Crippen LogP contribution is 2.24. The van der Waals surface area contributed by atoms with E-state index in [1.165, 1.54) is 5.56 Å². The molecule has 0 radical (unpaired) electrons. The smallest absolute Gasteiger partial charge is 0.251 e. The van der Waals surface area contributed by atoms with Gasteiger partial charge in [-0.3, -0.25) is 14.4 Å². The Morgan fingerprint density at radius 1 is 1.06 bits per heavy atom. The lowest BCUT2D eigenvalue weighted by Crippen LogP contribution is -2.56. The zero-order valence-electron chi connectivity index (χ0n) is 19.2. The van der Waals surface area contributed by atoms with Crippen LogP contribution in [0.2, 0.25) is 0 Å². The summed E-state index contributed by atoms with van der Waals surface area (Å²) >= 11 is 0. The monoisotopic (exact) mass is 448 g/mol. The van der Waals surface area contributed by atoms with Crippen molar-refractivity contribution in [3.05, 3.63) is 71.3 Å². The molecule has 2 aromatic rings. The fourth-order valence-electron chi connectivity index (χ4n) is 4.61. The van der Waals surface area contributed by atoms with Crippen LogP contribution >= 0.6 is 0 Å². The van der Waals surface area contributed by atoms with Crippen LogP contribution in [-0.4, -0.2) is 71.7 Å². The van der Waals surface area contributed by atoms with Gasteiger partial charge in [0.05, 0.1) is 0 Å². The first kappa shape index (κ1) is 23.0. The lowest BCUT2D eigenvalue weighted by Gasteiger charge is -2.36. The van der Waals surface area contributed by atoms with Crippen LogP contribution in [0.4, 0.5) is 0 Å². The summed E-state index contributed by atoms with van der Waals surface area (Å²) in [5.41, 5.74) is 2.79. The number of hydrogen-bond donors (Lipinski definition) is 1. The summed E-state index contributed by atoms with van der Waals surface area (Å²) in [5, 5.41) is 2.98. The Balaban J connectivity index is 1.20. The lowest BCUT2D eigenvalue weighted by atomic mass is 10.1. The Kier molecular flexibility index (Phi) is 7.40. The minimum atomic E-state index is -0.289. The maximum Gasteiger partial charge on any atom is 0.251 e. The molecular formula is C26H32N4O3. The summed E-state index contributed by atoms with van der Waals surface area (Å²) in [7, 11) is 2.08. The summed E-state index contributed by atoms with van der Waals surface area (Å²) in [6.45, 7) is 3.62. The van der Waals surface area contributed by atoms with E-state index in [1.807, 2.05) is 30.3 Å². The molecule has 2 fully saturated rings.